The van der Waals surface area contributed by atoms with Gasteiger partial charge in [0, 0.05) is 10.1 Å². The van der Waals surface area contributed by atoms with Crippen LogP contribution in [0.1, 0.15) is 49.0 Å². The van der Waals surface area contributed by atoms with Gasteiger partial charge < -0.3 is 19.9 Å². The van der Waals surface area contributed by atoms with Gasteiger partial charge in [-0.2, -0.15) is 8.78 Å². The standard InChI is InChI=1S/C27H29F2NO5S/c1-4-17(5-2)14-16(3)23(26(32)33)30-25(31)21-10-11-22-20(12-13-36-22)24(21)34-15-18-6-8-19(9-7-18)35-27(28)29/h6-13,17,23,27H,3-5,14-15H2,1-2H3,(H,30,31)(H,32,33)/t23-/m0/s1. The maximum atomic E-state index is 13.3. The molecule has 0 saturated carbocycles. The van der Waals surface area contributed by atoms with Gasteiger partial charge in [0.25, 0.3) is 5.91 Å². The number of thiophene rings is 1. The van der Waals surface area contributed by atoms with Crippen LogP contribution in [0.15, 0.2) is 60.0 Å². The molecule has 0 bridgehead atoms. The van der Waals surface area contributed by atoms with Crippen molar-refractivity contribution in [2.75, 3.05) is 0 Å². The summed E-state index contributed by atoms with van der Waals surface area (Å²) in [5.74, 6) is -1.13. The summed E-state index contributed by atoms with van der Waals surface area (Å²) in [7, 11) is 0. The average Bonchev–Trinajstić information content (AvgIpc) is 3.33. The Morgan fingerprint density at radius 3 is 2.39 bits per heavy atom. The Hall–Kier alpha value is -3.46. The number of aliphatic carboxylic acids is 1. The Morgan fingerprint density at radius 2 is 1.78 bits per heavy atom. The van der Waals surface area contributed by atoms with E-state index in [0.717, 1.165) is 17.5 Å². The van der Waals surface area contributed by atoms with Crippen molar-refractivity contribution in [1.82, 2.24) is 5.32 Å². The molecule has 1 aromatic heterocycles. The van der Waals surface area contributed by atoms with Crippen LogP contribution in [-0.2, 0) is 11.4 Å². The molecular weight excluding hydrogens is 488 g/mol. The molecule has 1 heterocycles. The Balaban J connectivity index is 1.82. The van der Waals surface area contributed by atoms with E-state index >= 15 is 0 Å². The van der Waals surface area contributed by atoms with E-state index in [0.29, 0.717) is 28.7 Å². The van der Waals surface area contributed by atoms with E-state index in [9.17, 15) is 23.5 Å². The van der Waals surface area contributed by atoms with Gasteiger partial charge in [-0.25, -0.2) is 4.79 Å². The summed E-state index contributed by atoms with van der Waals surface area (Å²) in [6, 6.07) is 9.98. The summed E-state index contributed by atoms with van der Waals surface area (Å²) in [6.45, 7) is 5.17. The van der Waals surface area contributed by atoms with Crippen molar-refractivity contribution < 1.29 is 33.0 Å². The lowest BCUT2D eigenvalue weighted by molar-refractivity contribution is -0.138. The summed E-state index contributed by atoms with van der Waals surface area (Å²) in [5, 5.41) is 15.0. The number of nitrogens with one attached hydrogen (secondary N) is 1. The molecule has 3 aromatic rings. The number of carboxylic acid groups (broad SMARTS) is 1. The first-order valence-electron chi connectivity index (χ1n) is 11.6. The Kier molecular flexibility index (Phi) is 9.41. The fourth-order valence-electron chi connectivity index (χ4n) is 3.89. The number of amides is 1. The Labute approximate surface area is 212 Å². The fourth-order valence-corrected chi connectivity index (χ4v) is 4.67. The maximum Gasteiger partial charge on any atom is 0.387 e. The highest BCUT2D eigenvalue weighted by Crippen LogP contribution is 2.34. The normalized spacial score (nSPS) is 12.1. The predicted molar refractivity (Wildman–Crippen MR) is 136 cm³/mol. The minimum atomic E-state index is -2.91. The highest BCUT2D eigenvalue weighted by atomic mass is 32.1. The number of halogens is 2. The zero-order valence-electron chi connectivity index (χ0n) is 20.1. The smallest absolute Gasteiger partial charge is 0.387 e. The van der Waals surface area contributed by atoms with Gasteiger partial charge in [0.1, 0.15) is 24.1 Å². The van der Waals surface area contributed by atoms with Crippen LogP contribution in [0.5, 0.6) is 11.5 Å². The Bertz CT molecular complexity index is 1200. The molecule has 0 aliphatic rings. The topological polar surface area (TPSA) is 84.9 Å². The third-order valence-corrected chi connectivity index (χ3v) is 6.88. The summed E-state index contributed by atoms with van der Waals surface area (Å²) < 4.78 is 36.1. The largest absolute Gasteiger partial charge is 0.487 e. The molecular formula is C27H29F2NO5S. The highest BCUT2D eigenvalue weighted by Gasteiger charge is 2.27. The molecule has 0 aliphatic carbocycles. The van der Waals surface area contributed by atoms with E-state index in [1.807, 2.05) is 25.3 Å². The third kappa shape index (κ3) is 6.81. The van der Waals surface area contributed by atoms with Crippen LogP contribution in [0.3, 0.4) is 0 Å². The van der Waals surface area contributed by atoms with Crippen LogP contribution in [0, 0.1) is 5.92 Å². The number of alkyl halides is 2. The Morgan fingerprint density at radius 1 is 1.08 bits per heavy atom. The predicted octanol–water partition coefficient (Wildman–Crippen LogP) is 6.65. The highest BCUT2D eigenvalue weighted by molar-refractivity contribution is 7.17. The second kappa shape index (κ2) is 12.5. The van der Waals surface area contributed by atoms with Gasteiger partial charge in [-0.15, -0.1) is 11.3 Å². The van der Waals surface area contributed by atoms with Crippen molar-refractivity contribution in [2.45, 2.75) is 52.4 Å². The second-order valence-corrected chi connectivity index (χ2v) is 9.32. The lowest BCUT2D eigenvalue weighted by Crippen LogP contribution is -2.42. The summed E-state index contributed by atoms with van der Waals surface area (Å²) >= 11 is 1.48. The third-order valence-electron chi connectivity index (χ3n) is 6.00. The number of hydrogen-bond acceptors (Lipinski definition) is 5. The van der Waals surface area contributed by atoms with Gasteiger partial charge in [0.05, 0.1) is 5.56 Å². The van der Waals surface area contributed by atoms with Gasteiger partial charge in [-0.1, -0.05) is 45.4 Å². The van der Waals surface area contributed by atoms with Crippen molar-refractivity contribution >= 4 is 33.3 Å². The first-order chi connectivity index (χ1) is 17.2. The van der Waals surface area contributed by atoms with Gasteiger partial charge in [0.2, 0.25) is 0 Å². The molecule has 2 N–H and O–H groups in total. The van der Waals surface area contributed by atoms with Crippen LogP contribution in [0.25, 0.3) is 10.1 Å². The van der Waals surface area contributed by atoms with Crippen LogP contribution in [-0.4, -0.2) is 29.6 Å². The molecule has 2 aromatic carbocycles. The van der Waals surface area contributed by atoms with E-state index in [1.54, 1.807) is 24.3 Å². The molecule has 0 saturated heterocycles. The first-order valence-corrected chi connectivity index (χ1v) is 12.5. The fraction of sp³-hybridized carbons (Fsp3) is 0.333. The van der Waals surface area contributed by atoms with E-state index in [1.165, 1.54) is 23.5 Å². The molecule has 1 amide bonds. The molecule has 6 nitrogen and oxygen atoms in total. The van der Waals surface area contributed by atoms with Crippen molar-refractivity contribution in [2.24, 2.45) is 5.92 Å². The van der Waals surface area contributed by atoms with Crippen molar-refractivity contribution in [3.8, 4) is 11.5 Å². The van der Waals surface area contributed by atoms with E-state index in [2.05, 4.69) is 16.6 Å². The quantitative estimate of drug-likeness (QED) is 0.248. The number of carboxylic acids is 1. The van der Waals surface area contributed by atoms with Crippen LogP contribution in [0.4, 0.5) is 8.78 Å². The number of rotatable bonds is 13. The molecule has 0 aliphatic heterocycles. The van der Waals surface area contributed by atoms with Crippen molar-refractivity contribution in [1.29, 1.82) is 0 Å². The number of benzene rings is 2. The molecule has 0 unspecified atom stereocenters. The van der Waals surface area contributed by atoms with Crippen LogP contribution < -0.4 is 14.8 Å². The van der Waals surface area contributed by atoms with Gasteiger partial charge >= 0.3 is 12.6 Å². The molecule has 9 heteroatoms. The zero-order valence-corrected chi connectivity index (χ0v) is 20.9. The van der Waals surface area contributed by atoms with Gasteiger partial charge in [-0.3, -0.25) is 4.79 Å². The van der Waals surface area contributed by atoms with E-state index in [-0.39, 0.29) is 23.8 Å². The van der Waals surface area contributed by atoms with E-state index in [4.69, 9.17) is 4.74 Å². The van der Waals surface area contributed by atoms with Crippen LogP contribution in [0.2, 0.25) is 0 Å². The monoisotopic (exact) mass is 517 g/mol. The van der Waals surface area contributed by atoms with Crippen molar-refractivity contribution in [3.05, 3.63) is 71.1 Å². The van der Waals surface area contributed by atoms with Crippen molar-refractivity contribution in [3.63, 3.8) is 0 Å². The minimum absolute atomic E-state index is 0.0297. The van der Waals surface area contributed by atoms with Gasteiger partial charge in [-0.05, 0) is 59.2 Å². The SMILES string of the molecule is C=C(CC(CC)CC)[C@H](NC(=O)c1ccc2sccc2c1OCc1ccc(OC(F)F)cc1)C(=O)O. The number of carbonyl (C=O) groups excluding carboxylic acids is 1. The minimum Gasteiger partial charge on any atom is -0.487 e. The summed E-state index contributed by atoms with van der Waals surface area (Å²) in [5.41, 5.74) is 1.31. The molecule has 3 rings (SSSR count). The molecule has 0 spiro atoms. The van der Waals surface area contributed by atoms with Gasteiger partial charge in [0.15, 0.2) is 0 Å². The zero-order chi connectivity index (χ0) is 26.2. The lowest BCUT2D eigenvalue weighted by Gasteiger charge is -2.21. The number of hydrogen-bond donors (Lipinski definition) is 2. The number of fused-ring (bicyclic) bond motifs is 1. The summed E-state index contributed by atoms with van der Waals surface area (Å²) in [6.07, 6.45) is 2.28. The molecule has 1 atom stereocenters. The molecule has 192 valence electrons. The molecule has 0 radical (unpaired) electrons. The van der Waals surface area contributed by atoms with E-state index < -0.39 is 24.5 Å². The number of carbonyl (C=O) groups is 2. The molecule has 36 heavy (non-hydrogen) atoms. The maximum absolute atomic E-state index is 13.3. The number of ether oxygens (including phenoxy) is 2. The first kappa shape index (κ1) is 27.1. The lowest BCUT2D eigenvalue weighted by atomic mass is 9.91. The molecule has 0 fully saturated rings. The average molecular weight is 518 g/mol. The summed E-state index contributed by atoms with van der Waals surface area (Å²) in [4.78, 5) is 25.2. The van der Waals surface area contributed by atoms with Crippen LogP contribution >= 0.6 is 11.3 Å². The second-order valence-electron chi connectivity index (χ2n) is 8.38.